The lowest BCUT2D eigenvalue weighted by Gasteiger charge is -2.18. The van der Waals surface area contributed by atoms with Crippen LogP contribution in [0.25, 0.3) is 0 Å². The summed E-state index contributed by atoms with van der Waals surface area (Å²) in [6.45, 7) is 3.89. The van der Waals surface area contributed by atoms with E-state index in [4.69, 9.17) is 11.6 Å². The van der Waals surface area contributed by atoms with Crippen LogP contribution in [0.2, 0.25) is 5.02 Å². The van der Waals surface area contributed by atoms with Gasteiger partial charge in [0.15, 0.2) is 0 Å². The molecule has 134 valence electrons. The van der Waals surface area contributed by atoms with Gasteiger partial charge in [-0.1, -0.05) is 29.8 Å². The van der Waals surface area contributed by atoms with E-state index in [-0.39, 0.29) is 16.8 Å². The van der Waals surface area contributed by atoms with Crippen molar-refractivity contribution in [2.24, 2.45) is 0 Å². The molecule has 0 bridgehead atoms. The fraction of sp³-hybridized carbons (Fsp3) is 0.278. The summed E-state index contributed by atoms with van der Waals surface area (Å²) >= 11 is 5.86. The molecule has 25 heavy (non-hydrogen) atoms. The van der Waals surface area contributed by atoms with E-state index in [1.165, 1.54) is 17.0 Å². The van der Waals surface area contributed by atoms with E-state index >= 15 is 0 Å². The molecule has 0 radical (unpaired) electrons. The quantitative estimate of drug-likeness (QED) is 0.836. The van der Waals surface area contributed by atoms with Gasteiger partial charge in [0.1, 0.15) is 0 Å². The summed E-state index contributed by atoms with van der Waals surface area (Å²) in [5.74, 6) is -0.253. The number of hydrogen-bond donors (Lipinski definition) is 1. The molecule has 5 nitrogen and oxygen atoms in total. The highest BCUT2D eigenvalue weighted by atomic mass is 35.5. The largest absolute Gasteiger partial charge is 0.337 e. The summed E-state index contributed by atoms with van der Waals surface area (Å²) in [6.07, 6.45) is 0. The number of rotatable bonds is 6. The van der Waals surface area contributed by atoms with Crippen LogP contribution in [0.1, 0.15) is 29.8 Å². The Labute approximate surface area is 153 Å². The minimum atomic E-state index is -3.64. The average Bonchev–Trinajstić information content (AvgIpc) is 2.55. The first kappa shape index (κ1) is 19.4. The summed E-state index contributed by atoms with van der Waals surface area (Å²) in [5.41, 5.74) is 1.26. The van der Waals surface area contributed by atoms with Crippen LogP contribution in [0.15, 0.2) is 53.4 Å². The molecule has 0 atom stereocenters. The third-order valence-electron chi connectivity index (χ3n) is 3.46. The molecule has 2 aromatic rings. The molecular weight excluding hydrogens is 360 g/mol. The lowest BCUT2D eigenvalue weighted by molar-refractivity contribution is 0.0785. The van der Waals surface area contributed by atoms with Crippen molar-refractivity contribution in [3.05, 3.63) is 64.7 Å². The summed E-state index contributed by atoms with van der Waals surface area (Å²) in [6, 6.07) is 13.0. The molecule has 0 saturated carbocycles. The Balaban J connectivity index is 2.19. The normalized spacial score (nSPS) is 11.6. The smallest absolute Gasteiger partial charge is 0.253 e. The molecule has 0 aliphatic carbocycles. The van der Waals surface area contributed by atoms with E-state index in [0.717, 1.165) is 5.56 Å². The standard InChI is InChI=1S/C18H21ClN2O3S/c1-13(2)20-25(23,24)17-6-4-5-15(11-17)18(22)21(3)12-14-7-9-16(19)10-8-14/h4-11,13,20H,12H2,1-3H3. The zero-order valence-corrected chi connectivity index (χ0v) is 15.9. The predicted octanol–water partition coefficient (Wildman–Crippen LogP) is 3.30. The van der Waals surface area contributed by atoms with Crippen molar-refractivity contribution >= 4 is 27.5 Å². The Morgan fingerprint density at radius 1 is 1.16 bits per heavy atom. The molecule has 2 rings (SSSR count). The summed E-state index contributed by atoms with van der Waals surface area (Å²) in [5, 5.41) is 0.633. The van der Waals surface area contributed by atoms with Crippen molar-refractivity contribution in [2.45, 2.75) is 31.3 Å². The summed E-state index contributed by atoms with van der Waals surface area (Å²) < 4.78 is 27.0. The van der Waals surface area contributed by atoms with Crippen molar-refractivity contribution in [1.82, 2.24) is 9.62 Å². The van der Waals surface area contributed by atoms with E-state index in [2.05, 4.69) is 4.72 Å². The maximum atomic E-state index is 12.6. The number of nitrogens with one attached hydrogen (secondary N) is 1. The minimum absolute atomic E-state index is 0.0759. The van der Waals surface area contributed by atoms with E-state index in [1.54, 1.807) is 45.2 Å². The molecule has 0 aliphatic heterocycles. The molecular formula is C18H21ClN2O3S. The van der Waals surface area contributed by atoms with Gasteiger partial charge in [0, 0.05) is 30.2 Å². The molecule has 7 heteroatoms. The first-order valence-corrected chi connectivity index (χ1v) is 9.67. The molecule has 0 aliphatic rings. The second-order valence-electron chi connectivity index (χ2n) is 6.09. The second kappa shape index (κ2) is 7.99. The van der Waals surface area contributed by atoms with Crippen LogP contribution in [0.4, 0.5) is 0 Å². The van der Waals surface area contributed by atoms with Gasteiger partial charge >= 0.3 is 0 Å². The maximum absolute atomic E-state index is 12.6. The van der Waals surface area contributed by atoms with Crippen LogP contribution < -0.4 is 4.72 Å². The van der Waals surface area contributed by atoms with Crippen molar-refractivity contribution in [3.63, 3.8) is 0 Å². The monoisotopic (exact) mass is 380 g/mol. The number of amides is 1. The molecule has 1 amide bonds. The zero-order chi connectivity index (χ0) is 18.6. The van der Waals surface area contributed by atoms with Crippen LogP contribution in [-0.4, -0.2) is 32.3 Å². The number of nitrogens with zero attached hydrogens (tertiary/aromatic N) is 1. The number of sulfonamides is 1. The Morgan fingerprint density at radius 2 is 1.80 bits per heavy atom. The first-order valence-electron chi connectivity index (χ1n) is 7.81. The third-order valence-corrected chi connectivity index (χ3v) is 5.37. The highest BCUT2D eigenvalue weighted by molar-refractivity contribution is 7.89. The van der Waals surface area contributed by atoms with Crippen LogP contribution in [0.3, 0.4) is 0 Å². The molecule has 0 aromatic heterocycles. The number of carbonyl (C=O) groups is 1. The number of carbonyl (C=O) groups excluding carboxylic acids is 1. The van der Waals surface area contributed by atoms with E-state index in [1.807, 2.05) is 12.1 Å². The fourth-order valence-electron chi connectivity index (χ4n) is 2.33. The van der Waals surface area contributed by atoms with Crippen LogP contribution in [0, 0.1) is 0 Å². The Kier molecular flexibility index (Phi) is 6.21. The van der Waals surface area contributed by atoms with Crippen LogP contribution in [-0.2, 0) is 16.6 Å². The fourth-order valence-corrected chi connectivity index (χ4v) is 3.75. The lowest BCUT2D eigenvalue weighted by atomic mass is 10.1. The maximum Gasteiger partial charge on any atom is 0.253 e. The van der Waals surface area contributed by atoms with Gasteiger partial charge in [-0.05, 0) is 49.7 Å². The zero-order valence-electron chi connectivity index (χ0n) is 14.4. The van der Waals surface area contributed by atoms with E-state index < -0.39 is 10.0 Å². The minimum Gasteiger partial charge on any atom is -0.337 e. The van der Waals surface area contributed by atoms with Gasteiger partial charge in [0.25, 0.3) is 5.91 Å². The highest BCUT2D eigenvalue weighted by Gasteiger charge is 2.19. The summed E-state index contributed by atoms with van der Waals surface area (Å²) in [7, 11) is -1.97. The molecule has 0 saturated heterocycles. The van der Waals surface area contributed by atoms with Gasteiger partial charge in [-0.15, -0.1) is 0 Å². The van der Waals surface area contributed by atoms with Crippen LogP contribution in [0.5, 0.6) is 0 Å². The molecule has 1 N–H and O–H groups in total. The lowest BCUT2D eigenvalue weighted by Crippen LogP contribution is -2.31. The SMILES string of the molecule is CC(C)NS(=O)(=O)c1cccc(C(=O)N(C)Cc2ccc(Cl)cc2)c1. The third kappa shape index (κ3) is 5.29. The number of hydrogen-bond acceptors (Lipinski definition) is 3. The molecule has 0 spiro atoms. The Hall–Kier alpha value is -1.89. The predicted molar refractivity (Wildman–Crippen MR) is 99.1 cm³/mol. The van der Waals surface area contributed by atoms with Crippen molar-refractivity contribution in [3.8, 4) is 0 Å². The molecule has 0 heterocycles. The Morgan fingerprint density at radius 3 is 2.40 bits per heavy atom. The van der Waals surface area contributed by atoms with E-state index in [0.29, 0.717) is 17.1 Å². The number of halogens is 1. The Bertz CT molecular complexity index is 849. The highest BCUT2D eigenvalue weighted by Crippen LogP contribution is 2.16. The number of benzene rings is 2. The van der Waals surface area contributed by atoms with Crippen molar-refractivity contribution in [2.75, 3.05) is 7.05 Å². The van der Waals surface area contributed by atoms with Crippen molar-refractivity contribution < 1.29 is 13.2 Å². The van der Waals surface area contributed by atoms with Gasteiger partial charge in [-0.25, -0.2) is 13.1 Å². The van der Waals surface area contributed by atoms with Gasteiger partial charge in [-0.3, -0.25) is 4.79 Å². The van der Waals surface area contributed by atoms with E-state index in [9.17, 15) is 13.2 Å². The van der Waals surface area contributed by atoms with Crippen molar-refractivity contribution in [1.29, 1.82) is 0 Å². The second-order valence-corrected chi connectivity index (χ2v) is 8.24. The summed E-state index contributed by atoms with van der Waals surface area (Å²) in [4.78, 5) is 14.2. The van der Waals surface area contributed by atoms with Gasteiger partial charge in [0.05, 0.1) is 4.90 Å². The molecule has 0 unspecified atom stereocenters. The first-order chi connectivity index (χ1) is 11.7. The van der Waals surface area contributed by atoms with Gasteiger partial charge in [-0.2, -0.15) is 0 Å². The topological polar surface area (TPSA) is 66.5 Å². The molecule has 2 aromatic carbocycles. The average molecular weight is 381 g/mol. The molecule has 0 fully saturated rings. The van der Waals surface area contributed by atoms with Crippen LogP contribution >= 0.6 is 11.6 Å². The van der Waals surface area contributed by atoms with Gasteiger partial charge in [0.2, 0.25) is 10.0 Å². The van der Waals surface area contributed by atoms with Gasteiger partial charge < -0.3 is 4.90 Å².